The van der Waals surface area contributed by atoms with Crippen LogP contribution in [0.2, 0.25) is 0 Å². The molecule has 1 aromatic carbocycles. The lowest BCUT2D eigenvalue weighted by Gasteiger charge is -2.46. The minimum Gasteiger partial charge on any atom is -0.356 e. The molecular weight excluding hydrogens is 260 g/mol. The van der Waals surface area contributed by atoms with Crippen molar-refractivity contribution in [1.82, 2.24) is 9.88 Å². The number of benzene rings is 1. The van der Waals surface area contributed by atoms with Gasteiger partial charge in [-0.15, -0.1) is 0 Å². The molecule has 1 saturated heterocycles. The van der Waals surface area contributed by atoms with E-state index in [1.165, 1.54) is 22.2 Å². The van der Waals surface area contributed by atoms with Crippen LogP contribution in [0.3, 0.4) is 0 Å². The molecule has 110 valence electrons. The molecule has 1 fully saturated rings. The molecule has 2 aliphatic heterocycles. The molecular formula is C18H22N2O. The Morgan fingerprint density at radius 2 is 2.14 bits per heavy atom. The van der Waals surface area contributed by atoms with Gasteiger partial charge in [-0.2, -0.15) is 0 Å². The summed E-state index contributed by atoms with van der Waals surface area (Å²) in [6.07, 6.45) is 4.16. The van der Waals surface area contributed by atoms with E-state index >= 15 is 0 Å². The fraction of sp³-hybridized carbons (Fsp3) is 0.500. The number of carbonyl (C=O) groups is 1. The van der Waals surface area contributed by atoms with Crippen molar-refractivity contribution in [3.63, 3.8) is 0 Å². The first-order chi connectivity index (χ1) is 10.1. The van der Waals surface area contributed by atoms with E-state index in [9.17, 15) is 4.79 Å². The molecule has 1 N–H and O–H groups in total. The van der Waals surface area contributed by atoms with Gasteiger partial charge in [0.25, 0.3) is 0 Å². The molecule has 1 aromatic heterocycles. The first-order valence-corrected chi connectivity index (χ1v) is 8.03. The molecule has 3 heterocycles. The van der Waals surface area contributed by atoms with Crippen molar-refractivity contribution >= 4 is 16.8 Å². The number of para-hydroxylation sites is 1. The third kappa shape index (κ3) is 1.69. The van der Waals surface area contributed by atoms with E-state index in [1.54, 1.807) is 0 Å². The maximum absolute atomic E-state index is 12.7. The van der Waals surface area contributed by atoms with Gasteiger partial charge in [0.1, 0.15) is 0 Å². The minimum atomic E-state index is -0.158. The van der Waals surface area contributed by atoms with Crippen molar-refractivity contribution < 1.29 is 4.79 Å². The van der Waals surface area contributed by atoms with Gasteiger partial charge in [-0.05, 0) is 44.2 Å². The lowest BCUT2D eigenvalue weighted by atomic mass is 9.80. The summed E-state index contributed by atoms with van der Waals surface area (Å²) in [4.78, 5) is 18.4. The van der Waals surface area contributed by atoms with Crippen molar-refractivity contribution in [3.05, 3.63) is 35.5 Å². The van der Waals surface area contributed by atoms with Crippen LogP contribution in [0.15, 0.2) is 24.3 Å². The predicted octanol–water partition coefficient (Wildman–Crippen LogP) is 3.59. The minimum absolute atomic E-state index is 0.158. The maximum Gasteiger partial charge on any atom is 0.226 e. The Labute approximate surface area is 125 Å². The number of rotatable bonds is 0. The summed E-state index contributed by atoms with van der Waals surface area (Å²) in [7, 11) is 0. The lowest BCUT2D eigenvalue weighted by molar-refractivity contribution is -0.147. The van der Waals surface area contributed by atoms with Crippen molar-refractivity contribution in [2.24, 2.45) is 5.92 Å². The van der Waals surface area contributed by atoms with Crippen LogP contribution in [0, 0.1) is 5.92 Å². The maximum atomic E-state index is 12.7. The summed E-state index contributed by atoms with van der Waals surface area (Å²) in [5.74, 6) is 0.499. The fourth-order valence-corrected chi connectivity index (χ4v) is 4.22. The second-order valence-corrected chi connectivity index (χ2v) is 6.83. The Morgan fingerprint density at radius 3 is 3.00 bits per heavy atom. The van der Waals surface area contributed by atoms with Gasteiger partial charge < -0.3 is 9.88 Å². The second kappa shape index (κ2) is 4.36. The monoisotopic (exact) mass is 282 g/mol. The summed E-state index contributed by atoms with van der Waals surface area (Å²) in [6.45, 7) is 5.20. The van der Waals surface area contributed by atoms with Crippen LogP contribution in [0.5, 0.6) is 0 Å². The average Bonchev–Trinajstić information content (AvgIpc) is 2.79. The third-order valence-corrected chi connectivity index (χ3v) is 5.51. The van der Waals surface area contributed by atoms with Gasteiger partial charge in [-0.1, -0.05) is 25.1 Å². The highest BCUT2D eigenvalue weighted by atomic mass is 16.2. The van der Waals surface area contributed by atoms with Gasteiger partial charge in [0.05, 0.1) is 5.54 Å². The van der Waals surface area contributed by atoms with E-state index in [2.05, 4.69) is 48.0 Å². The molecule has 0 radical (unpaired) electrons. The Kier molecular flexibility index (Phi) is 2.69. The molecule has 0 spiro atoms. The molecule has 2 atom stereocenters. The number of H-pyrrole nitrogens is 1. The Hall–Kier alpha value is -1.77. The first kappa shape index (κ1) is 12.9. The summed E-state index contributed by atoms with van der Waals surface area (Å²) >= 11 is 0. The number of nitrogens with zero attached hydrogens (tertiary/aromatic N) is 1. The molecule has 2 aromatic rings. The number of amides is 1. The van der Waals surface area contributed by atoms with E-state index in [0.29, 0.717) is 5.91 Å². The van der Waals surface area contributed by atoms with Gasteiger partial charge in [0, 0.05) is 29.1 Å². The highest BCUT2D eigenvalue weighted by Crippen LogP contribution is 2.44. The van der Waals surface area contributed by atoms with Gasteiger partial charge in [0.2, 0.25) is 5.91 Å². The van der Waals surface area contributed by atoms with E-state index in [1.807, 2.05) is 0 Å². The molecule has 1 amide bonds. The topological polar surface area (TPSA) is 36.1 Å². The van der Waals surface area contributed by atoms with Crippen LogP contribution in [-0.4, -0.2) is 22.3 Å². The Bertz CT molecular complexity index is 717. The quantitative estimate of drug-likeness (QED) is 0.787. The number of hydrogen-bond acceptors (Lipinski definition) is 1. The number of aryl methyl sites for hydroxylation is 1. The average molecular weight is 282 g/mol. The zero-order valence-corrected chi connectivity index (χ0v) is 12.8. The molecule has 4 rings (SSSR count). The van der Waals surface area contributed by atoms with Crippen LogP contribution in [0.4, 0.5) is 0 Å². The molecule has 1 unspecified atom stereocenters. The highest BCUT2D eigenvalue weighted by molar-refractivity contribution is 5.86. The van der Waals surface area contributed by atoms with Crippen LogP contribution < -0.4 is 0 Å². The third-order valence-electron chi connectivity index (χ3n) is 5.51. The smallest absolute Gasteiger partial charge is 0.226 e. The molecule has 0 aliphatic carbocycles. The Morgan fingerprint density at radius 1 is 1.33 bits per heavy atom. The molecule has 3 heteroatoms. The number of aromatic nitrogens is 1. The number of carbonyl (C=O) groups excluding carboxylic acids is 1. The normalized spacial score (nSPS) is 29.1. The summed E-state index contributed by atoms with van der Waals surface area (Å²) in [6, 6.07) is 8.53. The number of nitrogens with one attached hydrogen (secondary N) is 1. The molecule has 3 nitrogen and oxygen atoms in total. The molecule has 0 saturated carbocycles. The Balaban J connectivity index is 1.93. The van der Waals surface area contributed by atoms with Crippen molar-refractivity contribution in [3.8, 4) is 0 Å². The van der Waals surface area contributed by atoms with E-state index < -0.39 is 0 Å². The lowest BCUT2D eigenvalue weighted by Crippen LogP contribution is -2.53. The molecule has 0 bridgehead atoms. The van der Waals surface area contributed by atoms with Gasteiger partial charge in [-0.25, -0.2) is 0 Å². The van der Waals surface area contributed by atoms with Crippen LogP contribution in [-0.2, 0) is 16.8 Å². The van der Waals surface area contributed by atoms with Gasteiger partial charge >= 0.3 is 0 Å². The predicted molar refractivity (Wildman–Crippen MR) is 84.1 cm³/mol. The number of piperidine rings is 1. The first-order valence-electron chi connectivity index (χ1n) is 8.03. The second-order valence-electron chi connectivity index (χ2n) is 6.83. The van der Waals surface area contributed by atoms with Crippen molar-refractivity contribution in [2.75, 3.05) is 6.54 Å². The van der Waals surface area contributed by atoms with E-state index in [0.717, 1.165) is 32.2 Å². The zero-order chi connectivity index (χ0) is 14.6. The number of aromatic amines is 1. The number of hydrogen-bond donors (Lipinski definition) is 1. The SMILES string of the molecule is CC1CC[C@]2(C)c3[nH]c4ccccc4c3CCCN2C1=O. The van der Waals surface area contributed by atoms with E-state index in [4.69, 9.17) is 0 Å². The van der Waals surface area contributed by atoms with Crippen molar-refractivity contribution in [2.45, 2.75) is 45.1 Å². The van der Waals surface area contributed by atoms with Crippen LogP contribution in [0.25, 0.3) is 10.9 Å². The zero-order valence-electron chi connectivity index (χ0n) is 12.8. The fourth-order valence-electron chi connectivity index (χ4n) is 4.22. The molecule has 2 aliphatic rings. The van der Waals surface area contributed by atoms with Gasteiger partial charge in [-0.3, -0.25) is 4.79 Å². The molecule has 21 heavy (non-hydrogen) atoms. The largest absolute Gasteiger partial charge is 0.356 e. The van der Waals surface area contributed by atoms with Crippen molar-refractivity contribution in [1.29, 1.82) is 0 Å². The van der Waals surface area contributed by atoms with Crippen LogP contribution >= 0.6 is 0 Å². The highest BCUT2D eigenvalue weighted by Gasteiger charge is 2.45. The van der Waals surface area contributed by atoms with E-state index in [-0.39, 0.29) is 11.5 Å². The van der Waals surface area contributed by atoms with Crippen LogP contribution in [0.1, 0.15) is 44.4 Å². The summed E-state index contributed by atoms with van der Waals surface area (Å²) in [5.41, 5.74) is 3.75. The summed E-state index contributed by atoms with van der Waals surface area (Å²) in [5, 5.41) is 1.33. The number of fused-ring (bicyclic) bond motifs is 5. The standard InChI is InChI=1S/C18H22N2O/c1-12-9-10-18(2)16-14(7-5-11-20(18)17(12)21)13-6-3-4-8-15(13)19-16/h3-4,6,8,12,19H,5,7,9-11H2,1-2H3/t12?,18-/m1/s1. The summed E-state index contributed by atoms with van der Waals surface area (Å²) < 4.78 is 0. The van der Waals surface area contributed by atoms with Gasteiger partial charge in [0.15, 0.2) is 0 Å².